The van der Waals surface area contributed by atoms with Gasteiger partial charge in [0.15, 0.2) is 0 Å². The van der Waals surface area contributed by atoms with Crippen molar-refractivity contribution in [2.75, 3.05) is 18.4 Å². The lowest BCUT2D eigenvalue weighted by Gasteiger charge is -2.32. The summed E-state index contributed by atoms with van der Waals surface area (Å²) in [4.78, 5) is 18.0. The number of hydrogen-bond acceptors (Lipinski definition) is 4. The minimum Gasteiger partial charge on any atom is -0.478 e. The third-order valence-electron chi connectivity index (χ3n) is 4.26. The molecular formula is C18H20BrN3O2. The van der Waals surface area contributed by atoms with E-state index in [-0.39, 0.29) is 11.6 Å². The number of aromatic nitrogens is 1. The van der Waals surface area contributed by atoms with Crippen LogP contribution in [0, 0.1) is 0 Å². The highest BCUT2D eigenvalue weighted by Gasteiger charge is 2.21. The van der Waals surface area contributed by atoms with Crippen LogP contribution in [0.1, 0.15) is 28.8 Å². The first kappa shape index (κ1) is 16.9. The number of nitrogens with zero attached hydrogens (tertiary/aromatic N) is 2. The van der Waals surface area contributed by atoms with E-state index in [0.717, 1.165) is 32.5 Å². The summed E-state index contributed by atoms with van der Waals surface area (Å²) in [6.45, 7) is 2.95. The first-order chi connectivity index (χ1) is 11.6. The molecule has 0 unspecified atom stereocenters. The standard InChI is InChI=1S/C18H20BrN3O2/c19-14-10-16(18(23)24)17(20-11-14)21-15-6-8-22(9-7-15)12-13-4-2-1-3-5-13/h1-5,10-11,15H,6-9,12H2,(H,20,21)(H,23,24). The van der Waals surface area contributed by atoms with Gasteiger partial charge in [-0.15, -0.1) is 0 Å². The number of carbonyl (C=O) groups is 1. The molecule has 0 atom stereocenters. The Kier molecular flexibility index (Phi) is 5.48. The van der Waals surface area contributed by atoms with Crippen LogP contribution < -0.4 is 5.32 Å². The molecule has 1 fully saturated rings. The van der Waals surface area contributed by atoms with Gasteiger partial charge in [0.2, 0.25) is 0 Å². The molecule has 0 radical (unpaired) electrons. The summed E-state index contributed by atoms with van der Waals surface area (Å²) in [5.41, 5.74) is 1.53. The van der Waals surface area contributed by atoms with Crippen molar-refractivity contribution in [2.24, 2.45) is 0 Å². The van der Waals surface area contributed by atoms with E-state index < -0.39 is 5.97 Å². The van der Waals surface area contributed by atoms with Crippen molar-refractivity contribution in [2.45, 2.75) is 25.4 Å². The summed E-state index contributed by atoms with van der Waals surface area (Å²) in [6, 6.07) is 12.3. The molecule has 5 nitrogen and oxygen atoms in total. The van der Waals surface area contributed by atoms with Gasteiger partial charge in [0, 0.05) is 36.3 Å². The quantitative estimate of drug-likeness (QED) is 0.817. The SMILES string of the molecule is O=C(O)c1cc(Br)cnc1NC1CCN(Cc2ccccc2)CC1. The molecule has 2 N–H and O–H groups in total. The molecule has 6 heteroatoms. The first-order valence-corrected chi connectivity index (χ1v) is 8.83. The largest absolute Gasteiger partial charge is 0.478 e. The number of likely N-dealkylation sites (tertiary alicyclic amines) is 1. The van der Waals surface area contributed by atoms with E-state index in [1.807, 2.05) is 6.07 Å². The highest BCUT2D eigenvalue weighted by Crippen LogP contribution is 2.22. The van der Waals surface area contributed by atoms with E-state index in [1.54, 1.807) is 12.3 Å². The second-order valence-corrected chi connectivity index (χ2v) is 6.95. The molecule has 0 spiro atoms. The number of aromatic carboxylic acids is 1. The predicted molar refractivity (Wildman–Crippen MR) is 97.3 cm³/mol. The second-order valence-electron chi connectivity index (χ2n) is 6.04. The van der Waals surface area contributed by atoms with Gasteiger partial charge < -0.3 is 10.4 Å². The fourth-order valence-corrected chi connectivity index (χ4v) is 3.32. The summed E-state index contributed by atoms with van der Waals surface area (Å²) in [7, 11) is 0. The van der Waals surface area contributed by atoms with Crippen LogP contribution in [0.25, 0.3) is 0 Å². The molecule has 1 aromatic heterocycles. The zero-order valence-corrected chi connectivity index (χ0v) is 14.9. The number of pyridine rings is 1. The van der Waals surface area contributed by atoms with Crippen molar-refractivity contribution in [3.05, 3.63) is 58.2 Å². The maximum atomic E-state index is 11.4. The fraction of sp³-hybridized carbons (Fsp3) is 0.333. The number of carboxylic acid groups (broad SMARTS) is 1. The highest BCUT2D eigenvalue weighted by molar-refractivity contribution is 9.10. The van der Waals surface area contributed by atoms with E-state index in [4.69, 9.17) is 0 Å². The van der Waals surface area contributed by atoms with Crippen LogP contribution >= 0.6 is 15.9 Å². The van der Waals surface area contributed by atoms with Gasteiger partial charge in [0.05, 0.1) is 0 Å². The molecule has 0 bridgehead atoms. The molecule has 0 aliphatic carbocycles. The Labute approximate surface area is 149 Å². The Morgan fingerprint density at radius 1 is 1.29 bits per heavy atom. The monoisotopic (exact) mass is 389 g/mol. The van der Waals surface area contributed by atoms with E-state index in [1.165, 1.54) is 5.56 Å². The molecule has 2 heterocycles. The average molecular weight is 390 g/mol. The number of rotatable bonds is 5. The molecule has 0 amide bonds. The lowest BCUT2D eigenvalue weighted by atomic mass is 10.0. The Morgan fingerprint density at radius 3 is 2.67 bits per heavy atom. The first-order valence-electron chi connectivity index (χ1n) is 8.03. The van der Waals surface area contributed by atoms with Gasteiger partial charge in [-0.2, -0.15) is 0 Å². The summed E-state index contributed by atoms with van der Waals surface area (Å²) >= 11 is 3.27. The number of carboxylic acids is 1. The van der Waals surface area contributed by atoms with Crippen molar-refractivity contribution in [1.82, 2.24) is 9.88 Å². The number of anilines is 1. The summed E-state index contributed by atoms with van der Waals surface area (Å²) in [5.74, 6) is -0.514. The fourth-order valence-electron chi connectivity index (χ4n) is 2.99. The van der Waals surface area contributed by atoms with E-state index in [9.17, 15) is 9.90 Å². The van der Waals surface area contributed by atoms with Gasteiger partial charge in [-0.3, -0.25) is 4.90 Å². The van der Waals surface area contributed by atoms with Crippen LogP contribution in [0.4, 0.5) is 5.82 Å². The molecule has 0 saturated carbocycles. The number of halogens is 1. The zero-order chi connectivity index (χ0) is 16.9. The number of nitrogens with one attached hydrogen (secondary N) is 1. The van der Waals surface area contributed by atoms with Crippen LogP contribution in [0.15, 0.2) is 47.1 Å². The Morgan fingerprint density at radius 2 is 2.00 bits per heavy atom. The normalized spacial score (nSPS) is 16.0. The van der Waals surface area contributed by atoms with Crippen LogP contribution in [0.3, 0.4) is 0 Å². The van der Waals surface area contributed by atoms with Crippen LogP contribution in [-0.4, -0.2) is 40.1 Å². The van der Waals surface area contributed by atoms with Crippen molar-refractivity contribution in [1.29, 1.82) is 0 Å². The van der Waals surface area contributed by atoms with Gasteiger partial charge in [0.25, 0.3) is 0 Å². The van der Waals surface area contributed by atoms with Gasteiger partial charge in [-0.25, -0.2) is 9.78 Å². The summed E-state index contributed by atoms with van der Waals surface area (Å²) < 4.78 is 0.670. The van der Waals surface area contributed by atoms with E-state index >= 15 is 0 Å². The molecule has 1 aliphatic heterocycles. The van der Waals surface area contributed by atoms with Gasteiger partial charge in [0.1, 0.15) is 11.4 Å². The lowest BCUT2D eigenvalue weighted by molar-refractivity contribution is 0.0697. The van der Waals surface area contributed by atoms with Gasteiger partial charge in [-0.05, 0) is 40.4 Å². The topological polar surface area (TPSA) is 65.5 Å². The summed E-state index contributed by atoms with van der Waals surface area (Å²) in [5, 5.41) is 12.6. The molecule has 1 saturated heterocycles. The highest BCUT2D eigenvalue weighted by atomic mass is 79.9. The zero-order valence-electron chi connectivity index (χ0n) is 13.3. The number of piperidine rings is 1. The molecule has 1 aromatic carbocycles. The molecular weight excluding hydrogens is 370 g/mol. The number of benzene rings is 1. The van der Waals surface area contributed by atoms with Crippen LogP contribution in [0.2, 0.25) is 0 Å². The third kappa shape index (κ3) is 4.33. The van der Waals surface area contributed by atoms with Gasteiger partial charge >= 0.3 is 5.97 Å². The minimum absolute atomic E-state index is 0.205. The second kappa shape index (κ2) is 7.77. The van der Waals surface area contributed by atoms with E-state index in [2.05, 4.69) is 55.4 Å². The van der Waals surface area contributed by atoms with Crippen molar-refractivity contribution >= 4 is 27.7 Å². The average Bonchev–Trinajstić information content (AvgIpc) is 2.59. The molecule has 24 heavy (non-hydrogen) atoms. The van der Waals surface area contributed by atoms with Gasteiger partial charge in [-0.1, -0.05) is 30.3 Å². The van der Waals surface area contributed by atoms with Crippen molar-refractivity contribution in [3.63, 3.8) is 0 Å². The minimum atomic E-state index is -0.965. The molecule has 1 aliphatic rings. The molecule has 126 valence electrons. The Balaban J connectivity index is 1.57. The third-order valence-corrected chi connectivity index (χ3v) is 4.70. The van der Waals surface area contributed by atoms with E-state index in [0.29, 0.717) is 10.3 Å². The van der Waals surface area contributed by atoms with Crippen LogP contribution in [0.5, 0.6) is 0 Å². The Bertz CT molecular complexity index is 701. The molecule has 2 aromatic rings. The summed E-state index contributed by atoms with van der Waals surface area (Å²) in [6.07, 6.45) is 3.58. The van der Waals surface area contributed by atoms with Crippen molar-refractivity contribution in [3.8, 4) is 0 Å². The van der Waals surface area contributed by atoms with Crippen molar-refractivity contribution < 1.29 is 9.90 Å². The van der Waals surface area contributed by atoms with Crippen LogP contribution in [-0.2, 0) is 6.54 Å². The maximum absolute atomic E-state index is 11.4. The predicted octanol–water partition coefficient (Wildman–Crippen LogP) is 3.62. The number of hydrogen-bond donors (Lipinski definition) is 2. The smallest absolute Gasteiger partial charge is 0.339 e. The maximum Gasteiger partial charge on any atom is 0.339 e. The Hall–Kier alpha value is -1.92. The lowest BCUT2D eigenvalue weighted by Crippen LogP contribution is -2.39. The molecule has 3 rings (SSSR count).